The Morgan fingerprint density at radius 3 is 2.49 bits per heavy atom. The molecule has 6 rings (SSSR count). The number of fused-ring (bicyclic) bond motifs is 1. The van der Waals surface area contributed by atoms with Crippen LogP contribution < -0.4 is 20.2 Å². The Kier molecular flexibility index (Phi) is 6.60. The van der Waals surface area contributed by atoms with Gasteiger partial charge >= 0.3 is 0 Å². The Balaban J connectivity index is 1.44. The quantitative estimate of drug-likeness (QED) is 0.300. The van der Waals surface area contributed by atoms with Crippen LogP contribution in [0.2, 0.25) is 5.02 Å². The number of allylic oxidation sites excluding steroid dienone is 1. The molecule has 0 spiro atoms. The van der Waals surface area contributed by atoms with Crippen molar-refractivity contribution in [2.45, 2.75) is 13.0 Å². The zero-order valence-electron chi connectivity index (χ0n) is 20.8. The molecular weight excluding hydrogens is 530 g/mol. The molecule has 1 aliphatic heterocycles. The van der Waals surface area contributed by atoms with E-state index in [1.54, 1.807) is 23.6 Å². The fourth-order valence-corrected chi connectivity index (χ4v) is 5.86. The highest BCUT2D eigenvalue weighted by molar-refractivity contribution is 7.07. The molecule has 1 N–H and O–H groups in total. The van der Waals surface area contributed by atoms with Crippen LogP contribution in [0.3, 0.4) is 0 Å². The van der Waals surface area contributed by atoms with Crippen LogP contribution in [-0.4, -0.2) is 10.5 Å². The van der Waals surface area contributed by atoms with Crippen LogP contribution in [0.4, 0.5) is 5.69 Å². The molecule has 192 valence electrons. The summed E-state index contributed by atoms with van der Waals surface area (Å²) in [4.78, 5) is 32.6. The van der Waals surface area contributed by atoms with E-state index in [-0.39, 0.29) is 11.5 Å². The molecule has 3 heterocycles. The molecule has 8 heteroatoms. The molecule has 0 radical (unpaired) electrons. The molecule has 0 bridgehead atoms. The average molecular weight is 552 g/mol. The Morgan fingerprint density at radius 2 is 1.74 bits per heavy atom. The van der Waals surface area contributed by atoms with E-state index in [9.17, 15) is 9.59 Å². The highest BCUT2D eigenvalue weighted by atomic mass is 35.5. The molecule has 0 saturated heterocycles. The van der Waals surface area contributed by atoms with Crippen LogP contribution in [0.25, 0.3) is 17.4 Å². The summed E-state index contributed by atoms with van der Waals surface area (Å²) < 4.78 is 8.07. The van der Waals surface area contributed by atoms with Crippen LogP contribution >= 0.6 is 22.9 Å². The highest BCUT2D eigenvalue weighted by Crippen LogP contribution is 2.31. The third kappa shape index (κ3) is 4.90. The number of para-hydroxylation sites is 1. The average Bonchev–Trinajstić information content (AvgIpc) is 3.53. The molecular formula is C31H22ClN3O3S. The van der Waals surface area contributed by atoms with E-state index in [0.717, 1.165) is 11.1 Å². The molecule has 1 aliphatic rings. The van der Waals surface area contributed by atoms with Crippen molar-refractivity contribution in [3.63, 3.8) is 0 Å². The van der Waals surface area contributed by atoms with Gasteiger partial charge in [-0.25, -0.2) is 4.99 Å². The number of aromatic nitrogens is 1. The van der Waals surface area contributed by atoms with Gasteiger partial charge in [0, 0.05) is 22.3 Å². The minimum atomic E-state index is -0.632. The summed E-state index contributed by atoms with van der Waals surface area (Å²) in [6.07, 6.45) is 1.71. The number of nitrogens with zero attached hydrogens (tertiary/aromatic N) is 2. The van der Waals surface area contributed by atoms with Crippen LogP contribution in [0.15, 0.2) is 123 Å². The Hall–Kier alpha value is -4.46. The summed E-state index contributed by atoms with van der Waals surface area (Å²) in [5.41, 5.74) is 3.07. The molecule has 0 fully saturated rings. The summed E-state index contributed by atoms with van der Waals surface area (Å²) in [7, 11) is 0. The molecule has 0 aliphatic carbocycles. The molecule has 3 aromatic carbocycles. The smallest absolute Gasteiger partial charge is 0.271 e. The number of amides is 1. The summed E-state index contributed by atoms with van der Waals surface area (Å²) >= 11 is 7.40. The number of hydrogen-bond acceptors (Lipinski definition) is 5. The van der Waals surface area contributed by atoms with Gasteiger partial charge in [-0.15, -0.1) is 0 Å². The van der Waals surface area contributed by atoms with E-state index in [0.29, 0.717) is 42.8 Å². The van der Waals surface area contributed by atoms with Crippen LogP contribution in [0.1, 0.15) is 24.3 Å². The first-order valence-corrected chi connectivity index (χ1v) is 13.5. The number of nitrogens with one attached hydrogen (secondary N) is 1. The first-order valence-electron chi connectivity index (χ1n) is 12.3. The SMILES string of the molecule is CC1=C(C(=O)Nc2ccccc2)[C@@H](c2ccccc2)n2c(s/c(=C/c3ccc(-c4cccc(Cl)c4)o3)c2=O)=N1. The third-order valence-electron chi connectivity index (χ3n) is 6.42. The van der Waals surface area contributed by atoms with Crippen LogP contribution in [-0.2, 0) is 4.79 Å². The van der Waals surface area contributed by atoms with Crippen LogP contribution in [0.5, 0.6) is 0 Å². The van der Waals surface area contributed by atoms with Gasteiger partial charge in [0.05, 0.1) is 21.8 Å². The minimum absolute atomic E-state index is 0.245. The number of carbonyl (C=O) groups is 1. The third-order valence-corrected chi connectivity index (χ3v) is 7.64. The Labute approximate surface area is 232 Å². The lowest BCUT2D eigenvalue weighted by atomic mass is 9.95. The fourth-order valence-electron chi connectivity index (χ4n) is 4.64. The largest absolute Gasteiger partial charge is 0.457 e. The van der Waals surface area contributed by atoms with Gasteiger partial charge < -0.3 is 9.73 Å². The number of carbonyl (C=O) groups excluding carboxylic acids is 1. The van der Waals surface area contributed by atoms with E-state index in [4.69, 9.17) is 16.0 Å². The van der Waals surface area contributed by atoms with E-state index in [1.807, 2.05) is 91.0 Å². The lowest BCUT2D eigenvalue weighted by Crippen LogP contribution is -2.40. The monoisotopic (exact) mass is 551 g/mol. The van der Waals surface area contributed by atoms with Gasteiger partial charge in [0.15, 0.2) is 4.80 Å². The maximum absolute atomic E-state index is 13.8. The number of benzene rings is 3. The number of thiazole rings is 1. The Bertz CT molecular complexity index is 1900. The van der Waals surface area contributed by atoms with Gasteiger partial charge in [-0.2, -0.15) is 0 Å². The fraction of sp³-hybridized carbons (Fsp3) is 0.0645. The van der Waals surface area contributed by atoms with Crippen molar-refractivity contribution >= 4 is 40.6 Å². The molecule has 1 atom stereocenters. The second kappa shape index (κ2) is 10.4. The zero-order valence-corrected chi connectivity index (χ0v) is 22.4. The predicted octanol–water partition coefficient (Wildman–Crippen LogP) is 5.79. The minimum Gasteiger partial charge on any atom is -0.457 e. The maximum Gasteiger partial charge on any atom is 0.271 e. The summed E-state index contributed by atoms with van der Waals surface area (Å²) in [6, 6.07) is 29.2. The second-order valence-electron chi connectivity index (χ2n) is 9.03. The molecule has 0 saturated carbocycles. The summed E-state index contributed by atoms with van der Waals surface area (Å²) in [6.45, 7) is 1.80. The van der Waals surface area contributed by atoms with Gasteiger partial charge in [0.1, 0.15) is 11.5 Å². The highest BCUT2D eigenvalue weighted by Gasteiger charge is 2.32. The molecule has 2 aromatic heterocycles. The molecule has 39 heavy (non-hydrogen) atoms. The van der Waals surface area contributed by atoms with Crippen molar-refractivity contribution in [1.29, 1.82) is 0 Å². The summed E-state index contributed by atoms with van der Waals surface area (Å²) in [5.74, 6) is 0.876. The number of furan rings is 1. The second-order valence-corrected chi connectivity index (χ2v) is 10.5. The normalized spacial score (nSPS) is 15.1. The lowest BCUT2D eigenvalue weighted by molar-refractivity contribution is -0.113. The molecule has 0 unspecified atom stereocenters. The van der Waals surface area contributed by atoms with E-state index >= 15 is 0 Å². The lowest BCUT2D eigenvalue weighted by Gasteiger charge is -2.25. The molecule has 1 amide bonds. The van der Waals surface area contributed by atoms with Crippen LogP contribution in [0, 0.1) is 0 Å². The predicted molar refractivity (Wildman–Crippen MR) is 154 cm³/mol. The van der Waals surface area contributed by atoms with Crippen molar-refractivity contribution < 1.29 is 9.21 Å². The molecule has 6 nitrogen and oxygen atoms in total. The molecule has 5 aromatic rings. The van der Waals surface area contributed by atoms with Crippen molar-refractivity contribution in [3.8, 4) is 11.3 Å². The number of anilines is 1. The first-order chi connectivity index (χ1) is 19.0. The van der Waals surface area contributed by atoms with Gasteiger partial charge in [-0.1, -0.05) is 83.6 Å². The Morgan fingerprint density at radius 1 is 1.00 bits per heavy atom. The standard InChI is InChI=1S/C31H22ClN3O3S/c1-19-27(29(36)34-23-13-6-3-7-14-23)28(20-9-4-2-5-10-20)35-30(37)26(39-31(35)33-19)18-24-15-16-25(38-24)21-11-8-12-22(32)17-21/h2-18,28H,1H3,(H,34,36)/b26-18+/t28-/m1/s1. The zero-order chi connectivity index (χ0) is 26.9. The maximum atomic E-state index is 13.8. The summed E-state index contributed by atoms with van der Waals surface area (Å²) in [5, 5.41) is 3.57. The van der Waals surface area contributed by atoms with E-state index in [2.05, 4.69) is 10.3 Å². The van der Waals surface area contributed by atoms with Gasteiger partial charge in [0.2, 0.25) is 0 Å². The van der Waals surface area contributed by atoms with Gasteiger partial charge in [0.25, 0.3) is 11.5 Å². The van der Waals surface area contributed by atoms with E-state index in [1.165, 1.54) is 11.3 Å². The number of hydrogen-bond donors (Lipinski definition) is 1. The topological polar surface area (TPSA) is 76.6 Å². The first kappa shape index (κ1) is 24.9. The van der Waals surface area contributed by atoms with Crippen molar-refractivity contribution in [2.24, 2.45) is 4.99 Å². The number of rotatable bonds is 5. The van der Waals surface area contributed by atoms with E-state index < -0.39 is 6.04 Å². The van der Waals surface area contributed by atoms with Gasteiger partial charge in [-0.05, 0) is 48.9 Å². The van der Waals surface area contributed by atoms with Crippen molar-refractivity contribution in [2.75, 3.05) is 5.32 Å². The van der Waals surface area contributed by atoms with Crippen molar-refractivity contribution in [3.05, 3.63) is 144 Å². The number of halogens is 1. The van der Waals surface area contributed by atoms with Crippen molar-refractivity contribution in [1.82, 2.24) is 4.57 Å². The van der Waals surface area contributed by atoms with Gasteiger partial charge in [-0.3, -0.25) is 14.2 Å².